The van der Waals surface area contributed by atoms with Gasteiger partial charge in [0.1, 0.15) is 12.1 Å². The Kier molecular flexibility index (Phi) is 5.34. The van der Waals surface area contributed by atoms with Crippen molar-refractivity contribution in [2.75, 3.05) is 18.0 Å². The molecule has 0 unspecified atom stereocenters. The number of aromatic nitrogens is 2. The van der Waals surface area contributed by atoms with Gasteiger partial charge in [0.15, 0.2) is 0 Å². The Bertz CT molecular complexity index is 380. The average molecular weight is 300 g/mol. The molecule has 5 nitrogen and oxygen atoms in total. The number of nitrogens with zero attached hydrogens (tertiary/aromatic N) is 3. The minimum Gasteiger partial charge on any atom is -0.388 e. The summed E-state index contributed by atoms with van der Waals surface area (Å²) in [6.07, 6.45) is 3.80. The first kappa shape index (κ1) is 13.9. The molecule has 0 aromatic carbocycles. The van der Waals surface area contributed by atoms with Crippen molar-refractivity contribution in [2.24, 2.45) is 11.7 Å². The van der Waals surface area contributed by atoms with Crippen molar-refractivity contribution >= 4 is 27.6 Å². The van der Waals surface area contributed by atoms with Gasteiger partial charge in [-0.15, -0.1) is 0 Å². The second-order valence-corrected chi connectivity index (χ2v) is 5.16. The van der Waals surface area contributed by atoms with Crippen LogP contribution in [0.15, 0.2) is 17.0 Å². The molecule has 0 aliphatic rings. The summed E-state index contributed by atoms with van der Waals surface area (Å²) in [5.74, 6) is 1.57. The summed E-state index contributed by atoms with van der Waals surface area (Å²) in [6, 6.07) is 0. The van der Waals surface area contributed by atoms with Crippen molar-refractivity contribution in [3.05, 3.63) is 17.0 Å². The number of nitrogens with two attached hydrogens (primary N) is 1. The van der Waals surface area contributed by atoms with Gasteiger partial charge < -0.3 is 10.6 Å². The molecule has 0 fully saturated rings. The largest absolute Gasteiger partial charge is 0.388 e. The lowest BCUT2D eigenvalue weighted by molar-refractivity contribution is 0.607. The number of hydrogen-bond donors (Lipinski definition) is 2. The molecule has 1 aromatic heterocycles. The molecule has 0 atom stereocenters. The number of halogens is 1. The van der Waals surface area contributed by atoms with E-state index in [1.807, 2.05) is 0 Å². The molecule has 0 bridgehead atoms. The SMILES string of the molecule is CC(C)CN(CCC(=N)N)c1ncncc1Br. The van der Waals surface area contributed by atoms with Crippen molar-refractivity contribution < 1.29 is 0 Å². The quantitative estimate of drug-likeness (QED) is 0.622. The molecule has 1 heterocycles. The molecule has 1 rings (SSSR count). The fraction of sp³-hybridized carbons (Fsp3) is 0.545. The molecule has 0 spiro atoms. The lowest BCUT2D eigenvalue weighted by Crippen LogP contribution is -2.32. The predicted octanol–water partition coefficient (Wildman–Crippen LogP) is 2.03. The van der Waals surface area contributed by atoms with Crippen molar-refractivity contribution in [1.82, 2.24) is 9.97 Å². The van der Waals surface area contributed by atoms with E-state index in [0.29, 0.717) is 18.9 Å². The van der Waals surface area contributed by atoms with Crippen LogP contribution >= 0.6 is 15.9 Å². The number of anilines is 1. The van der Waals surface area contributed by atoms with Gasteiger partial charge in [0.05, 0.1) is 10.3 Å². The molecule has 17 heavy (non-hydrogen) atoms. The highest BCUT2D eigenvalue weighted by Crippen LogP contribution is 2.22. The lowest BCUT2D eigenvalue weighted by Gasteiger charge is -2.26. The van der Waals surface area contributed by atoms with Crippen molar-refractivity contribution in [3.63, 3.8) is 0 Å². The monoisotopic (exact) mass is 299 g/mol. The van der Waals surface area contributed by atoms with Crippen LogP contribution in [0.4, 0.5) is 5.82 Å². The van der Waals surface area contributed by atoms with E-state index in [9.17, 15) is 0 Å². The highest BCUT2D eigenvalue weighted by molar-refractivity contribution is 9.10. The third-order valence-corrected chi connectivity index (χ3v) is 2.74. The minimum atomic E-state index is 0.198. The Morgan fingerprint density at radius 3 is 2.82 bits per heavy atom. The summed E-state index contributed by atoms with van der Waals surface area (Å²) in [4.78, 5) is 10.3. The molecule has 6 heteroatoms. The fourth-order valence-corrected chi connectivity index (χ4v) is 1.99. The van der Waals surface area contributed by atoms with Gasteiger partial charge in [-0.1, -0.05) is 13.8 Å². The van der Waals surface area contributed by atoms with Crippen LogP contribution in [-0.4, -0.2) is 28.9 Å². The van der Waals surface area contributed by atoms with Gasteiger partial charge >= 0.3 is 0 Å². The van der Waals surface area contributed by atoms with Gasteiger partial charge in [0.25, 0.3) is 0 Å². The Balaban J connectivity index is 2.82. The highest BCUT2D eigenvalue weighted by atomic mass is 79.9. The second-order valence-electron chi connectivity index (χ2n) is 4.31. The van der Waals surface area contributed by atoms with E-state index in [1.165, 1.54) is 6.33 Å². The van der Waals surface area contributed by atoms with E-state index in [2.05, 4.69) is 44.6 Å². The molecule has 0 saturated carbocycles. The van der Waals surface area contributed by atoms with Crippen LogP contribution < -0.4 is 10.6 Å². The number of rotatable bonds is 6. The molecular weight excluding hydrogens is 282 g/mol. The zero-order valence-corrected chi connectivity index (χ0v) is 11.7. The normalized spacial score (nSPS) is 10.6. The Labute approximate surface area is 110 Å². The summed E-state index contributed by atoms with van der Waals surface area (Å²) in [7, 11) is 0. The average Bonchev–Trinajstić information content (AvgIpc) is 2.24. The summed E-state index contributed by atoms with van der Waals surface area (Å²) < 4.78 is 0.865. The minimum absolute atomic E-state index is 0.198. The first-order chi connectivity index (χ1) is 8.00. The molecule has 0 radical (unpaired) electrons. The van der Waals surface area contributed by atoms with Crippen LogP contribution in [0.25, 0.3) is 0 Å². The summed E-state index contributed by atoms with van der Waals surface area (Å²) in [5, 5.41) is 7.29. The maximum atomic E-state index is 7.29. The van der Waals surface area contributed by atoms with Crippen LogP contribution in [0.3, 0.4) is 0 Å². The van der Waals surface area contributed by atoms with Crippen LogP contribution in [0, 0.1) is 11.3 Å². The number of nitrogens with one attached hydrogen (secondary N) is 1. The fourth-order valence-electron chi connectivity index (χ4n) is 1.52. The van der Waals surface area contributed by atoms with E-state index >= 15 is 0 Å². The molecule has 0 aliphatic carbocycles. The van der Waals surface area contributed by atoms with Crippen LogP contribution in [0.1, 0.15) is 20.3 Å². The van der Waals surface area contributed by atoms with E-state index < -0.39 is 0 Å². The number of hydrogen-bond acceptors (Lipinski definition) is 4. The van der Waals surface area contributed by atoms with Gasteiger partial charge in [-0.2, -0.15) is 0 Å². The van der Waals surface area contributed by atoms with Gasteiger partial charge in [0, 0.05) is 25.7 Å². The maximum Gasteiger partial charge on any atom is 0.146 e. The number of amidine groups is 1. The Hall–Kier alpha value is -1.17. The molecule has 0 aliphatic heterocycles. The van der Waals surface area contributed by atoms with Crippen molar-refractivity contribution in [2.45, 2.75) is 20.3 Å². The Morgan fingerprint density at radius 1 is 1.59 bits per heavy atom. The zero-order valence-electron chi connectivity index (χ0n) is 10.2. The summed E-state index contributed by atoms with van der Waals surface area (Å²) >= 11 is 3.44. The van der Waals surface area contributed by atoms with E-state index in [1.54, 1.807) is 6.20 Å². The van der Waals surface area contributed by atoms with E-state index in [0.717, 1.165) is 16.8 Å². The van der Waals surface area contributed by atoms with Gasteiger partial charge in [-0.25, -0.2) is 9.97 Å². The first-order valence-electron chi connectivity index (χ1n) is 5.54. The standard InChI is InChI=1S/C11H18BrN5/c1-8(2)6-17(4-3-10(13)14)11-9(12)5-15-7-16-11/h5,7-8H,3-4,6H2,1-2H3,(H3,13,14). The van der Waals surface area contributed by atoms with Crippen molar-refractivity contribution in [1.29, 1.82) is 5.41 Å². The smallest absolute Gasteiger partial charge is 0.146 e. The topological polar surface area (TPSA) is 78.9 Å². The first-order valence-corrected chi connectivity index (χ1v) is 6.33. The predicted molar refractivity (Wildman–Crippen MR) is 73.3 cm³/mol. The molecule has 1 aromatic rings. The molecule has 94 valence electrons. The lowest BCUT2D eigenvalue weighted by atomic mass is 10.2. The Morgan fingerprint density at radius 2 is 2.29 bits per heavy atom. The van der Waals surface area contributed by atoms with E-state index in [-0.39, 0.29) is 5.84 Å². The summed E-state index contributed by atoms with van der Waals surface area (Å²) in [6.45, 7) is 5.87. The van der Waals surface area contributed by atoms with Gasteiger partial charge in [-0.05, 0) is 21.8 Å². The van der Waals surface area contributed by atoms with Crippen LogP contribution in [0.5, 0.6) is 0 Å². The molecular formula is C11H18BrN5. The van der Waals surface area contributed by atoms with Crippen molar-refractivity contribution in [3.8, 4) is 0 Å². The maximum absolute atomic E-state index is 7.29. The molecule has 3 N–H and O–H groups in total. The molecule has 0 amide bonds. The highest BCUT2D eigenvalue weighted by Gasteiger charge is 2.13. The van der Waals surface area contributed by atoms with Crippen LogP contribution in [-0.2, 0) is 0 Å². The van der Waals surface area contributed by atoms with E-state index in [4.69, 9.17) is 11.1 Å². The second kappa shape index (κ2) is 6.54. The zero-order chi connectivity index (χ0) is 12.8. The third kappa shape index (κ3) is 4.68. The van der Waals surface area contributed by atoms with Gasteiger partial charge in [0.2, 0.25) is 0 Å². The third-order valence-electron chi connectivity index (χ3n) is 2.18. The molecule has 0 saturated heterocycles. The summed E-state index contributed by atoms with van der Waals surface area (Å²) in [5.41, 5.74) is 5.40. The van der Waals surface area contributed by atoms with Gasteiger partial charge in [-0.3, -0.25) is 5.41 Å². The van der Waals surface area contributed by atoms with Crippen LogP contribution in [0.2, 0.25) is 0 Å².